The van der Waals surface area contributed by atoms with E-state index in [9.17, 15) is 9.59 Å². The van der Waals surface area contributed by atoms with Crippen molar-refractivity contribution in [3.8, 4) is 5.75 Å². The molecule has 0 bridgehead atoms. The van der Waals surface area contributed by atoms with Crippen LogP contribution < -0.4 is 15.4 Å². The van der Waals surface area contributed by atoms with Crippen LogP contribution in [0.15, 0.2) is 24.3 Å². The highest BCUT2D eigenvalue weighted by Crippen LogP contribution is 2.13. The zero-order chi connectivity index (χ0) is 18.9. The van der Waals surface area contributed by atoms with Gasteiger partial charge >= 0.3 is 0 Å². The summed E-state index contributed by atoms with van der Waals surface area (Å²) in [6.07, 6.45) is 2.88. The number of rotatable bonds is 9. The summed E-state index contributed by atoms with van der Waals surface area (Å²) in [5.74, 6) is 0.900. The molecule has 5 nitrogen and oxygen atoms in total. The minimum absolute atomic E-state index is 0.0146. The zero-order valence-electron chi connectivity index (χ0n) is 16.1. The number of benzene rings is 1. The average molecular weight is 348 g/mol. The Hall–Kier alpha value is -2.04. The van der Waals surface area contributed by atoms with Crippen molar-refractivity contribution >= 4 is 11.8 Å². The molecule has 140 valence electrons. The lowest BCUT2D eigenvalue weighted by atomic mass is 9.96. The molecule has 0 unspecified atom stereocenters. The van der Waals surface area contributed by atoms with E-state index < -0.39 is 5.41 Å². The molecule has 0 saturated carbocycles. The number of carbonyl (C=O) groups is 2. The third-order valence-electron chi connectivity index (χ3n) is 3.98. The first kappa shape index (κ1) is 21.0. The number of carbonyl (C=O) groups excluding carboxylic acids is 2. The Morgan fingerprint density at radius 3 is 2.36 bits per heavy atom. The molecule has 1 aromatic carbocycles. The molecule has 0 radical (unpaired) electrons. The fourth-order valence-electron chi connectivity index (χ4n) is 2.31. The van der Waals surface area contributed by atoms with Gasteiger partial charge in [-0.3, -0.25) is 9.59 Å². The predicted molar refractivity (Wildman–Crippen MR) is 101 cm³/mol. The van der Waals surface area contributed by atoms with Crippen molar-refractivity contribution in [3.05, 3.63) is 29.8 Å². The first-order valence-corrected chi connectivity index (χ1v) is 8.93. The quantitative estimate of drug-likeness (QED) is 0.674. The van der Waals surface area contributed by atoms with E-state index in [0.717, 1.165) is 18.6 Å². The molecule has 0 fully saturated rings. The number of nitrogens with one attached hydrogen (secondary N) is 2. The summed E-state index contributed by atoms with van der Waals surface area (Å²) in [4.78, 5) is 23.7. The van der Waals surface area contributed by atoms with Crippen molar-refractivity contribution in [1.29, 1.82) is 0 Å². The molecule has 1 rings (SSSR count). The highest BCUT2D eigenvalue weighted by atomic mass is 16.5. The van der Waals surface area contributed by atoms with Crippen molar-refractivity contribution in [2.45, 2.75) is 59.4 Å². The fourth-order valence-corrected chi connectivity index (χ4v) is 2.31. The lowest BCUT2D eigenvalue weighted by Gasteiger charge is -2.17. The van der Waals surface area contributed by atoms with Gasteiger partial charge in [-0.15, -0.1) is 0 Å². The second kappa shape index (κ2) is 10.1. The summed E-state index contributed by atoms with van der Waals surface area (Å²) >= 11 is 0. The molecular formula is C20H32N2O3. The minimum atomic E-state index is -0.391. The van der Waals surface area contributed by atoms with Crippen molar-refractivity contribution in [2.75, 3.05) is 13.7 Å². The summed E-state index contributed by atoms with van der Waals surface area (Å²) in [5, 5.41) is 5.87. The topological polar surface area (TPSA) is 67.4 Å². The number of amides is 2. The summed E-state index contributed by atoms with van der Waals surface area (Å²) in [6, 6.07) is 8.12. The first-order valence-electron chi connectivity index (χ1n) is 8.93. The molecule has 5 heteroatoms. The zero-order valence-corrected chi connectivity index (χ0v) is 16.1. The predicted octanol–water partition coefficient (Wildman–Crippen LogP) is 3.08. The normalized spacial score (nSPS) is 12.4. The van der Waals surface area contributed by atoms with Crippen LogP contribution >= 0.6 is 0 Å². The molecule has 0 heterocycles. The molecule has 2 amide bonds. The fraction of sp³-hybridized carbons (Fsp3) is 0.600. The lowest BCUT2D eigenvalue weighted by Crippen LogP contribution is -2.36. The Bertz CT molecular complexity index is 547. The average Bonchev–Trinajstić information content (AvgIpc) is 2.56. The highest BCUT2D eigenvalue weighted by Gasteiger charge is 2.20. The van der Waals surface area contributed by atoms with Crippen LogP contribution in [0.1, 0.15) is 52.5 Å². The first-order chi connectivity index (χ1) is 11.7. The molecule has 0 aliphatic heterocycles. The Balaban J connectivity index is 2.19. The van der Waals surface area contributed by atoms with E-state index in [4.69, 9.17) is 4.74 Å². The molecule has 25 heavy (non-hydrogen) atoms. The van der Waals surface area contributed by atoms with E-state index >= 15 is 0 Å². The van der Waals surface area contributed by atoms with Crippen LogP contribution in [-0.2, 0) is 16.0 Å². The van der Waals surface area contributed by atoms with E-state index in [-0.39, 0.29) is 17.9 Å². The SMILES string of the molecule is COc1ccc(CC[C@@H](C)NC(=O)CCCNC(=O)C(C)(C)C)cc1. The maximum absolute atomic E-state index is 11.9. The van der Waals surface area contributed by atoms with Crippen LogP contribution in [0.25, 0.3) is 0 Å². The molecule has 0 aliphatic carbocycles. The smallest absolute Gasteiger partial charge is 0.225 e. The molecule has 0 aromatic heterocycles. The summed E-state index contributed by atoms with van der Waals surface area (Å²) in [7, 11) is 1.65. The van der Waals surface area contributed by atoms with Gasteiger partial charge in [0.1, 0.15) is 5.75 Å². The Morgan fingerprint density at radius 2 is 1.80 bits per heavy atom. The maximum Gasteiger partial charge on any atom is 0.225 e. The Labute approximate surface area is 151 Å². The molecular weight excluding hydrogens is 316 g/mol. The molecule has 1 atom stereocenters. The van der Waals surface area contributed by atoms with Crippen LogP contribution in [0.4, 0.5) is 0 Å². The molecule has 2 N–H and O–H groups in total. The van der Waals surface area contributed by atoms with Gasteiger partial charge in [0.15, 0.2) is 0 Å². The van der Waals surface area contributed by atoms with Crippen LogP contribution in [0.5, 0.6) is 5.75 Å². The minimum Gasteiger partial charge on any atom is -0.497 e. The maximum atomic E-state index is 11.9. The molecule has 0 aliphatic rings. The van der Waals surface area contributed by atoms with Gasteiger partial charge in [-0.2, -0.15) is 0 Å². The van der Waals surface area contributed by atoms with Crippen molar-refractivity contribution in [1.82, 2.24) is 10.6 Å². The van der Waals surface area contributed by atoms with Gasteiger partial charge in [-0.05, 0) is 43.9 Å². The largest absolute Gasteiger partial charge is 0.497 e. The standard InChI is InChI=1S/C20H32N2O3/c1-15(8-9-16-10-12-17(25-5)13-11-16)22-18(23)7-6-14-21-19(24)20(2,3)4/h10-13,15H,6-9,14H2,1-5H3,(H,21,24)(H,22,23)/t15-/m1/s1. The van der Waals surface area contributed by atoms with E-state index in [1.807, 2.05) is 52.0 Å². The van der Waals surface area contributed by atoms with Crippen molar-refractivity contribution in [3.63, 3.8) is 0 Å². The summed E-state index contributed by atoms with van der Waals surface area (Å²) in [5.41, 5.74) is 0.838. The molecule has 0 saturated heterocycles. The number of hydrogen-bond donors (Lipinski definition) is 2. The van der Waals surface area contributed by atoms with Crippen LogP contribution in [-0.4, -0.2) is 31.5 Å². The number of methoxy groups -OCH3 is 1. The summed E-state index contributed by atoms with van der Waals surface area (Å²) in [6.45, 7) is 8.17. The Morgan fingerprint density at radius 1 is 1.16 bits per heavy atom. The van der Waals surface area contributed by atoms with E-state index in [0.29, 0.717) is 19.4 Å². The van der Waals surface area contributed by atoms with Gasteiger partial charge in [0.25, 0.3) is 0 Å². The number of ether oxygens (including phenoxy) is 1. The van der Waals surface area contributed by atoms with Crippen molar-refractivity contribution in [2.24, 2.45) is 5.41 Å². The lowest BCUT2D eigenvalue weighted by molar-refractivity contribution is -0.128. The molecule has 0 spiro atoms. The van der Waals surface area contributed by atoms with Gasteiger partial charge < -0.3 is 15.4 Å². The summed E-state index contributed by atoms with van der Waals surface area (Å²) < 4.78 is 5.14. The van der Waals surface area contributed by atoms with Gasteiger partial charge in [0.2, 0.25) is 11.8 Å². The third kappa shape index (κ3) is 8.57. The number of hydrogen-bond acceptors (Lipinski definition) is 3. The van der Waals surface area contributed by atoms with Gasteiger partial charge in [0, 0.05) is 24.4 Å². The Kier molecular flexibility index (Phi) is 8.46. The van der Waals surface area contributed by atoms with Crippen molar-refractivity contribution < 1.29 is 14.3 Å². The van der Waals surface area contributed by atoms with Gasteiger partial charge in [0.05, 0.1) is 7.11 Å². The van der Waals surface area contributed by atoms with Gasteiger partial charge in [-0.25, -0.2) is 0 Å². The van der Waals surface area contributed by atoms with Crippen LogP contribution in [0.2, 0.25) is 0 Å². The van der Waals surface area contributed by atoms with E-state index in [1.54, 1.807) is 7.11 Å². The number of aryl methyl sites for hydroxylation is 1. The van der Waals surface area contributed by atoms with Crippen LogP contribution in [0, 0.1) is 5.41 Å². The van der Waals surface area contributed by atoms with Crippen LogP contribution in [0.3, 0.4) is 0 Å². The second-order valence-corrected chi connectivity index (χ2v) is 7.46. The third-order valence-corrected chi connectivity index (χ3v) is 3.98. The van der Waals surface area contributed by atoms with E-state index in [1.165, 1.54) is 5.56 Å². The monoisotopic (exact) mass is 348 g/mol. The highest BCUT2D eigenvalue weighted by molar-refractivity contribution is 5.81. The molecule has 1 aromatic rings. The van der Waals surface area contributed by atoms with E-state index in [2.05, 4.69) is 10.6 Å². The van der Waals surface area contributed by atoms with Gasteiger partial charge in [-0.1, -0.05) is 32.9 Å². The second-order valence-electron chi connectivity index (χ2n) is 7.46.